The monoisotopic (exact) mass is 367 g/mol. The summed E-state index contributed by atoms with van der Waals surface area (Å²) in [4.78, 5) is 25.9. The fourth-order valence-electron chi connectivity index (χ4n) is 2.52. The fourth-order valence-corrected chi connectivity index (χ4v) is 2.52. The summed E-state index contributed by atoms with van der Waals surface area (Å²) < 4.78 is 10.6. The lowest BCUT2D eigenvalue weighted by Gasteiger charge is -2.21. The zero-order valence-electron chi connectivity index (χ0n) is 15.9. The molecular weight excluding hydrogens is 342 g/mol. The van der Waals surface area contributed by atoms with Gasteiger partial charge in [0.1, 0.15) is 5.75 Å². The van der Waals surface area contributed by atoms with Crippen LogP contribution in [0.1, 0.15) is 25.0 Å². The van der Waals surface area contributed by atoms with Crippen molar-refractivity contribution < 1.29 is 19.1 Å². The highest BCUT2D eigenvalue weighted by atomic mass is 16.5. The lowest BCUT2D eigenvalue weighted by atomic mass is 10.2. The van der Waals surface area contributed by atoms with Crippen LogP contribution in [-0.4, -0.2) is 36.5 Å². The first-order valence-corrected chi connectivity index (χ1v) is 8.90. The van der Waals surface area contributed by atoms with Gasteiger partial charge in [-0.15, -0.1) is 0 Å². The molecule has 0 aromatic heterocycles. The van der Waals surface area contributed by atoms with E-state index in [-0.39, 0.29) is 5.91 Å². The number of nitrogens with zero attached hydrogens (tertiary/aromatic N) is 1. The van der Waals surface area contributed by atoms with E-state index < -0.39 is 12.1 Å². The van der Waals surface area contributed by atoms with Gasteiger partial charge in [0.15, 0.2) is 6.10 Å². The second kappa shape index (κ2) is 10.2. The van der Waals surface area contributed by atoms with Crippen molar-refractivity contribution in [1.82, 2.24) is 4.90 Å². The Balaban J connectivity index is 1.85. The SMILES string of the molecule is CCOc1ccc(/C=C/C(=O)O[C@@H](C)C(=O)N(C)Cc2ccccc2)cc1. The first-order valence-electron chi connectivity index (χ1n) is 8.90. The topological polar surface area (TPSA) is 55.8 Å². The Morgan fingerprint density at radius 3 is 2.37 bits per heavy atom. The number of carbonyl (C=O) groups is 2. The Hall–Kier alpha value is -3.08. The Kier molecular flexibility index (Phi) is 7.62. The Bertz CT molecular complexity index is 769. The van der Waals surface area contributed by atoms with Gasteiger partial charge in [-0.25, -0.2) is 4.79 Å². The van der Waals surface area contributed by atoms with Crippen molar-refractivity contribution in [3.63, 3.8) is 0 Å². The van der Waals surface area contributed by atoms with Gasteiger partial charge in [0.25, 0.3) is 5.91 Å². The lowest BCUT2D eigenvalue weighted by molar-refractivity contribution is -0.154. The standard InChI is InChI=1S/C22H25NO4/c1-4-26-20-13-10-18(11-14-20)12-15-21(24)27-17(2)22(25)23(3)16-19-8-6-5-7-9-19/h5-15,17H,4,16H2,1-3H3/b15-12+/t17-/m0/s1. The van der Waals surface area contributed by atoms with Gasteiger partial charge in [0.2, 0.25) is 0 Å². The van der Waals surface area contributed by atoms with Crippen LogP contribution in [0.5, 0.6) is 5.75 Å². The van der Waals surface area contributed by atoms with Crippen LogP contribution in [0.25, 0.3) is 6.08 Å². The minimum atomic E-state index is -0.851. The second-order valence-electron chi connectivity index (χ2n) is 6.09. The van der Waals surface area contributed by atoms with Gasteiger partial charge in [-0.05, 0) is 43.2 Å². The van der Waals surface area contributed by atoms with Gasteiger partial charge >= 0.3 is 5.97 Å². The molecule has 0 aliphatic rings. The number of likely N-dealkylation sites (N-methyl/N-ethyl adjacent to an activating group) is 1. The largest absolute Gasteiger partial charge is 0.494 e. The molecule has 2 aromatic carbocycles. The molecule has 0 unspecified atom stereocenters. The highest BCUT2D eigenvalue weighted by Crippen LogP contribution is 2.13. The summed E-state index contributed by atoms with van der Waals surface area (Å²) >= 11 is 0. The van der Waals surface area contributed by atoms with Crippen LogP contribution in [0.15, 0.2) is 60.7 Å². The van der Waals surface area contributed by atoms with E-state index in [1.54, 1.807) is 24.9 Å². The maximum atomic E-state index is 12.4. The van der Waals surface area contributed by atoms with Crippen LogP contribution in [0, 0.1) is 0 Å². The third-order valence-electron chi connectivity index (χ3n) is 3.88. The number of hydrogen-bond acceptors (Lipinski definition) is 4. The van der Waals surface area contributed by atoms with Crippen LogP contribution in [0.4, 0.5) is 0 Å². The molecule has 0 bridgehead atoms. The van der Waals surface area contributed by atoms with Crippen molar-refractivity contribution in [3.05, 3.63) is 71.8 Å². The van der Waals surface area contributed by atoms with Crippen LogP contribution in [-0.2, 0) is 20.9 Å². The second-order valence-corrected chi connectivity index (χ2v) is 6.09. The third-order valence-corrected chi connectivity index (χ3v) is 3.88. The summed E-state index contributed by atoms with van der Waals surface area (Å²) in [7, 11) is 1.69. The molecule has 2 rings (SSSR count). The van der Waals surface area contributed by atoms with E-state index in [1.165, 1.54) is 6.08 Å². The Morgan fingerprint density at radius 2 is 1.74 bits per heavy atom. The summed E-state index contributed by atoms with van der Waals surface area (Å²) in [6.45, 7) is 4.56. The Morgan fingerprint density at radius 1 is 1.07 bits per heavy atom. The first kappa shape index (κ1) is 20.2. The van der Waals surface area contributed by atoms with Gasteiger partial charge in [-0.1, -0.05) is 42.5 Å². The molecule has 142 valence electrons. The van der Waals surface area contributed by atoms with Crippen LogP contribution >= 0.6 is 0 Å². The average molecular weight is 367 g/mol. The average Bonchev–Trinajstić information content (AvgIpc) is 2.67. The first-order chi connectivity index (χ1) is 13.0. The van der Waals surface area contributed by atoms with Crippen molar-refractivity contribution in [2.45, 2.75) is 26.5 Å². The number of amides is 1. The van der Waals surface area contributed by atoms with E-state index in [1.807, 2.05) is 61.5 Å². The van der Waals surface area contributed by atoms with Gasteiger partial charge in [0.05, 0.1) is 6.61 Å². The molecule has 0 aliphatic carbocycles. The molecule has 0 heterocycles. The van der Waals surface area contributed by atoms with Crippen LogP contribution in [0.3, 0.4) is 0 Å². The van der Waals surface area contributed by atoms with Crippen LogP contribution in [0.2, 0.25) is 0 Å². The molecular formula is C22H25NO4. The van der Waals surface area contributed by atoms with Gasteiger partial charge in [-0.2, -0.15) is 0 Å². The van der Waals surface area contributed by atoms with E-state index in [0.29, 0.717) is 13.2 Å². The van der Waals surface area contributed by atoms with Gasteiger partial charge in [0, 0.05) is 19.7 Å². The smallest absolute Gasteiger partial charge is 0.331 e. The maximum Gasteiger partial charge on any atom is 0.331 e. The van der Waals surface area contributed by atoms with Crippen molar-refractivity contribution in [2.75, 3.05) is 13.7 Å². The van der Waals surface area contributed by atoms with Crippen molar-refractivity contribution >= 4 is 18.0 Å². The summed E-state index contributed by atoms with van der Waals surface area (Å²) in [5.41, 5.74) is 1.86. The minimum Gasteiger partial charge on any atom is -0.494 e. The van der Waals surface area contributed by atoms with E-state index in [4.69, 9.17) is 9.47 Å². The van der Waals surface area contributed by atoms with E-state index in [0.717, 1.165) is 16.9 Å². The number of ether oxygens (including phenoxy) is 2. The molecule has 0 aliphatic heterocycles. The molecule has 2 aromatic rings. The van der Waals surface area contributed by atoms with Gasteiger partial charge in [-0.3, -0.25) is 4.79 Å². The highest BCUT2D eigenvalue weighted by molar-refractivity contribution is 5.90. The van der Waals surface area contributed by atoms with Crippen molar-refractivity contribution in [2.24, 2.45) is 0 Å². The fraction of sp³-hybridized carbons (Fsp3) is 0.273. The van der Waals surface area contributed by atoms with Crippen LogP contribution < -0.4 is 4.74 Å². The predicted octanol–water partition coefficient (Wildman–Crippen LogP) is 3.69. The zero-order valence-corrected chi connectivity index (χ0v) is 15.9. The van der Waals surface area contributed by atoms with Crippen molar-refractivity contribution in [1.29, 1.82) is 0 Å². The number of rotatable bonds is 8. The molecule has 1 atom stereocenters. The molecule has 0 radical (unpaired) electrons. The quantitative estimate of drug-likeness (QED) is 0.527. The molecule has 0 fully saturated rings. The number of hydrogen-bond donors (Lipinski definition) is 0. The minimum absolute atomic E-state index is 0.248. The maximum absolute atomic E-state index is 12.4. The molecule has 5 nitrogen and oxygen atoms in total. The van der Waals surface area contributed by atoms with Crippen molar-refractivity contribution in [3.8, 4) is 5.75 Å². The Labute approximate surface area is 160 Å². The lowest BCUT2D eigenvalue weighted by Crippen LogP contribution is -2.36. The summed E-state index contributed by atoms with van der Waals surface area (Å²) in [5.74, 6) is -0.0302. The predicted molar refractivity (Wildman–Crippen MR) is 105 cm³/mol. The van der Waals surface area contributed by atoms with Gasteiger partial charge < -0.3 is 14.4 Å². The molecule has 1 amide bonds. The zero-order chi connectivity index (χ0) is 19.6. The number of benzene rings is 2. The third kappa shape index (κ3) is 6.62. The molecule has 0 N–H and O–H groups in total. The van der Waals surface area contributed by atoms with E-state index in [9.17, 15) is 9.59 Å². The molecule has 27 heavy (non-hydrogen) atoms. The summed E-state index contributed by atoms with van der Waals surface area (Å²) in [6.07, 6.45) is 2.11. The number of esters is 1. The van der Waals surface area contributed by atoms with E-state index >= 15 is 0 Å². The van der Waals surface area contributed by atoms with E-state index in [2.05, 4.69) is 0 Å². The molecule has 0 saturated heterocycles. The highest BCUT2D eigenvalue weighted by Gasteiger charge is 2.20. The molecule has 0 saturated carbocycles. The summed E-state index contributed by atoms with van der Waals surface area (Å²) in [5, 5.41) is 0. The number of carbonyl (C=O) groups excluding carboxylic acids is 2. The summed E-state index contributed by atoms with van der Waals surface area (Å²) in [6, 6.07) is 17.0. The molecule has 0 spiro atoms. The normalized spacial score (nSPS) is 11.8. The molecule has 5 heteroatoms.